The summed E-state index contributed by atoms with van der Waals surface area (Å²) < 4.78 is 7.52. The molecular formula is C19H19N5O2. The summed E-state index contributed by atoms with van der Waals surface area (Å²) in [4.78, 5) is 17.3. The quantitative estimate of drug-likeness (QED) is 0.778. The number of benzene rings is 1. The van der Waals surface area contributed by atoms with E-state index >= 15 is 0 Å². The van der Waals surface area contributed by atoms with Crippen LogP contribution in [0, 0.1) is 0 Å². The molecule has 1 atom stereocenters. The number of carbonyl (C=O) groups is 1. The Morgan fingerprint density at radius 1 is 1.19 bits per heavy atom. The summed E-state index contributed by atoms with van der Waals surface area (Å²) in [7, 11) is 0. The minimum atomic E-state index is -0.933. The molecule has 1 aliphatic heterocycles. The van der Waals surface area contributed by atoms with Crippen molar-refractivity contribution in [3.63, 3.8) is 0 Å². The lowest BCUT2D eigenvalue weighted by atomic mass is 9.99. The third-order valence-corrected chi connectivity index (χ3v) is 4.52. The lowest BCUT2D eigenvalue weighted by Gasteiger charge is -2.35. The minimum Gasteiger partial charge on any atom is -0.370 e. The fourth-order valence-corrected chi connectivity index (χ4v) is 3.14. The molecule has 0 fully saturated rings. The van der Waals surface area contributed by atoms with E-state index < -0.39 is 5.54 Å². The Labute approximate surface area is 151 Å². The first kappa shape index (κ1) is 16.4. The number of nitrogens with zero attached hydrogens (tertiary/aromatic N) is 4. The van der Waals surface area contributed by atoms with Crippen LogP contribution in [0.2, 0.25) is 0 Å². The van der Waals surface area contributed by atoms with Crippen LogP contribution in [-0.2, 0) is 28.2 Å². The van der Waals surface area contributed by atoms with Crippen molar-refractivity contribution in [2.24, 2.45) is 0 Å². The number of hydrogen-bond donors (Lipinski definition) is 1. The Balaban J connectivity index is 1.65. The average Bonchev–Trinajstić information content (AvgIpc) is 3.13. The van der Waals surface area contributed by atoms with E-state index in [2.05, 4.69) is 20.5 Å². The molecule has 0 saturated carbocycles. The number of ether oxygens (including phenoxy) is 1. The zero-order valence-electron chi connectivity index (χ0n) is 14.4. The van der Waals surface area contributed by atoms with Gasteiger partial charge in [0, 0.05) is 11.8 Å². The van der Waals surface area contributed by atoms with Gasteiger partial charge in [-0.3, -0.25) is 14.3 Å². The van der Waals surface area contributed by atoms with E-state index in [9.17, 15) is 4.79 Å². The molecule has 0 bridgehead atoms. The summed E-state index contributed by atoms with van der Waals surface area (Å²) >= 11 is 0. The van der Waals surface area contributed by atoms with Crippen molar-refractivity contribution in [2.45, 2.75) is 25.6 Å². The third-order valence-electron chi connectivity index (χ3n) is 4.52. The van der Waals surface area contributed by atoms with E-state index in [1.165, 1.54) is 0 Å². The molecular weight excluding hydrogens is 330 g/mol. The molecule has 0 spiro atoms. The van der Waals surface area contributed by atoms with E-state index in [4.69, 9.17) is 4.74 Å². The lowest BCUT2D eigenvalue weighted by molar-refractivity contribution is -0.135. The van der Waals surface area contributed by atoms with Crippen LogP contribution in [0.4, 0.5) is 0 Å². The predicted octanol–water partition coefficient (Wildman–Crippen LogP) is 1.90. The summed E-state index contributed by atoms with van der Waals surface area (Å²) in [6.07, 6.45) is 1.71. The van der Waals surface area contributed by atoms with Gasteiger partial charge in [0.15, 0.2) is 11.6 Å². The number of amides is 1. The molecule has 0 radical (unpaired) electrons. The molecule has 3 heterocycles. The standard InChI is InChI=1S/C19H19N5O2/c1-19(18(25)21-11-15-9-5-6-10-20-15)13-26-12-16-22-23-17(24(16)19)14-7-3-2-4-8-14/h2-10H,11-13H2,1H3,(H,21,25). The van der Waals surface area contributed by atoms with Gasteiger partial charge in [-0.2, -0.15) is 0 Å². The van der Waals surface area contributed by atoms with E-state index in [-0.39, 0.29) is 12.5 Å². The molecule has 1 aliphatic rings. The highest BCUT2D eigenvalue weighted by Crippen LogP contribution is 2.30. The van der Waals surface area contributed by atoms with Gasteiger partial charge in [0.25, 0.3) is 0 Å². The maximum Gasteiger partial charge on any atom is 0.248 e. The highest BCUT2D eigenvalue weighted by Gasteiger charge is 2.42. The third kappa shape index (κ3) is 2.86. The van der Waals surface area contributed by atoms with Crippen molar-refractivity contribution in [1.82, 2.24) is 25.1 Å². The molecule has 7 nitrogen and oxygen atoms in total. The first-order chi connectivity index (χ1) is 12.7. The second kappa shape index (κ2) is 6.68. The Morgan fingerprint density at radius 2 is 2.00 bits per heavy atom. The van der Waals surface area contributed by atoms with Gasteiger partial charge in [0.2, 0.25) is 5.91 Å². The summed E-state index contributed by atoms with van der Waals surface area (Å²) in [5.74, 6) is 1.16. The number of hydrogen-bond acceptors (Lipinski definition) is 5. The highest BCUT2D eigenvalue weighted by atomic mass is 16.5. The largest absolute Gasteiger partial charge is 0.370 e. The molecule has 1 N–H and O–H groups in total. The number of carbonyl (C=O) groups excluding carboxylic acids is 1. The van der Waals surface area contributed by atoms with Gasteiger partial charge in [0.1, 0.15) is 12.1 Å². The van der Waals surface area contributed by atoms with Crippen LogP contribution in [0.25, 0.3) is 11.4 Å². The number of nitrogens with one attached hydrogen (secondary N) is 1. The number of rotatable bonds is 4. The van der Waals surface area contributed by atoms with E-state index in [1.54, 1.807) is 6.20 Å². The molecule has 2 aromatic heterocycles. The monoisotopic (exact) mass is 349 g/mol. The van der Waals surface area contributed by atoms with Gasteiger partial charge >= 0.3 is 0 Å². The predicted molar refractivity (Wildman–Crippen MR) is 94.8 cm³/mol. The number of pyridine rings is 1. The maximum absolute atomic E-state index is 13.0. The molecule has 3 aromatic rings. The average molecular weight is 349 g/mol. The van der Waals surface area contributed by atoms with Crippen LogP contribution in [0.1, 0.15) is 18.4 Å². The summed E-state index contributed by atoms with van der Waals surface area (Å²) in [6, 6.07) is 15.3. The Kier molecular flexibility index (Phi) is 4.22. The Morgan fingerprint density at radius 3 is 2.77 bits per heavy atom. The van der Waals surface area contributed by atoms with Crippen LogP contribution >= 0.6 is 0 Å². The molecule has 4 rings (SSSR count). The van der Waals surface area contributed by atoms with Crippen LogP contribution in [0.5, 0.6) is 0 Å². The Bertz CT molecular complexity index is 910. The van der Waals surface area contributed by atoms with E-state index in [1.807, 2.05) is 60.0 Å². The van der Waals surface area contributed by atoms with Crippen LogP contribution < -0.4 is 5.32 Å². The molecule has 0 saturated heterocycles. The van der Waals surface area contributed by atoms with Crippen molar-refractivity contribution in [3.05, 3.63) is 66.2 Å². The summed E-state index contributed by atoms with van der Waals surface area (Å²) in [5.41, 5.74) is 0.780. The van der Waals surface area contributed by atoms with Gasteiger partial charge in [0.05, 0.1) is 18.8 Å². The second-order valence-electron chi connectivity index (χ2n) is 6.41. The van der Waals surface area contributed by atoms with E-state index in [0.29, 0.717) is 24.8 Å². The smallest absolute Gasteiger partial charge is 0.248 e. The summed E-state index contributed by atoms with van der Waals surface area (Å²) in [5, 5.41) is 11.5. The normalized spacial score (nSPS) is 19.0. The molecule has 0 aliphatic carbocycles. The SMILES string of the molecule is CC1(C(=O)NCc2ccccn2)COCc2nnc(-c3ccccc3)n21. The van der Waals surface area contributed by atoms with Crippen LogP contribution in [-0.4, -0.2) is 32.3 Å². The molecule has 26 heavy (non-hydrogen) atoms. The minimum absolute atomic E-state index is 0.152. The topological polar surface area (TPSA) is 81.9 Å². The fourth-order valence-electron chi connectivity index (χ4n) is 3.14. The van der Waals surface area contributed by atoms with Crippen molar-refractivity contribution >= 4 is 5.91 Å². The van der Waals surface area contributed by atoms with Crippen LogP contribution in [0.3, 0.4) is 0 Å². The van der Waals surface area contributed by atoms with Crippen molar-refractivity contribution in [3.8, 4) is 11.4 Å². The summed E-state index contributed by atoms with van der Waals surface area (Å²) in [6.45, 7) is 2.79. The van der Waals surface area contributed by atoms with Crippen LogP contribution in [0.15, 0.2) is 54.7 Å². The lowest BCUT2D eigenvalue weighted by Crippen LogP contribution is -2.52. The zero-order chi connectivity index (χ0) is 18.0. The van der Waals surface area contributed by atoms with Gasteiger partial charge in [-0.05, 0) is 19.1 Å². The Hall–Kier alpha value is -3.06. The van der Waals surface area contributed by atoms with Crippen molar-refractivity contribution in [1.29, 1.82) is 0 Å². The van der Waals surface area contributed by atoms with Gasteiger partial charge in [-0.25, -0.2) is 0 Å². The molecule has 132 valence electrons. The van der Waals surface area contributed by atoms with Gasteiger partial charge < -0.3 is 10.1 Å². The first-order valence-electron chi connectivity index (χ1n) is 8.44. The first-order valence-corrected chi connectivity index (χ1v) is 8.44. The van der Waals surface area contributed by atoms with Gasteiger partial charge in [-0.1, -0.05) is 36.4 Å². The number of aromatic nitrogens is 4. The van der Waals surface area contributed by atoms with E-state index in [0.717, 1.165) is 11.3 Å². The van der Waals surface area contributed by atoms with Crippen molar-refractivity contribution < 1.29 is 9.53 Å². The second-order valence-corrected chi connectivity index (χ2v) is 6.41. The molecule has 1 aromatic carbocycles. The number of fused-ring (bicyclic) bond motifs is 1. The molecule has 1 amide bonds. The zero-order valence-corrected chi connectivity index (χ0v) is 14.4. The maximum atomic E-state index is 13.0. The van der Waals surface area contributed by atoms with Gasteiger partial charge in [-0.15, -0.1) is 10.2 Å². The highest BCUT2D eigenvalue weighted by molar-refractivity contribution is 5.85. The molecule has 1 unspecified atom stereocenters. The fraction of sp³-hybridized carbons (Fsp3) is 0.263. The molecule has 7 heteroatoms. The van der Waals surface area contributed by atoms with Crippen molar-refractivity contribution in [2.75, 3.05) is 6.61 Å².